The number of imidazole rings is 1. The highest BCUT2D eigenvalue weighted by Gasteiger charge is 2.49. The molecule has 28 heavy (non-hydrogen) atoms. The molecule has 1 atom stereocenters. The maximum Gasteiger partial charge on any atom is 0.392 e. The highest BCUT2D eigenvalue weighted by atomic mass is 35.5. The molecule has 3 rings (SSSR count). The van der Waals surface area contributed by atoms with Crippen molar-refractivity contribution in [2.75, 3.05) is 6.26 Å². The number of aryl methyl sites for hydroxylation is 1. The summed E-state index contributed by atoms with van der Waals surface area (Å²) in [7, 11) is -3.62. The van der Waals surface area contributed by atoms with E-state index in [1.807, 2.05) is 0 Å². The summed E-state index contributed by atoms with van der Waals surface area (Å²) in [5, 5.41) is -0.384. The van der Waals surface area contributed by atoms with Gasteiger partial charge in [-0.05, 0) is 37.5 Å². The summed E-state index contributed by atoms with van der Waals surface area (Å²) in [6.07, 6.45) is -5.45. The van der Waals surface area contributed by atoms with E-state index >= 15 is 0 Å². The van der Waals surface area contributed by atoms with Gasteiger partial charge in [0.15, 0.2) is 14.9 Å². The number of H-pyrrole nitrogens is 1. The van der Waals surface area contributed by atoms with Crippen LogP contribution in [0.5, 0.6) is 0 Å². The molecule has 1 fully saturated rings. The van der Waals surface area contributed by atoms with Gasteiger partial charge in [0, 0.05) is 6.26 Å². The number of sulfone groups is 1. The lowest BCUT2D eigenvalue weighted by Crippen LogP contribution is -2.41. The zero-order valence-electron chi connectivity index (χ0n) is 14.8. The van der Waals surface area contributed by atoms with E-state index in [9.17, 15) is 26.0 Å². The number of nitrogens with one attached hydrogen (secondary N) is 1. The minimum Gasteiger partial charge on any atom is -0.362 e. The number of halogens is 5. The molecule has 1 aliphatic carbocycles. The molecular weight excluding hydrogens is 424 g/mol. The molecule has 1 N–H and O–H groups in total. The Hall–Kier alpha value is -1.65. The van der Waals surface area contributed by atoms with E-state index in [0.29, 0.717) is 5.56 Å². The number of ether oxygens (including phenoxy) is 1. The number of nitrogens with zero attached hydrogens (tertiary/aromatic N) is 1. The van der Waals surface area contributed by atoms with Gasteiger partial charge >= 0.3 is 6.18 Å². The maximum atomic E-state index is 13.5. The summed E-state index contributed by atoms with van der Waals surface area (Å²) in [6, 6.07) is 3.74. The Morgan fingerprint density at radius 2 is 1.96 bits per heavy atom. The topological polar surface area (TPSA) is 72.0 Å². The molecular formula is C17H17ClF4N2O3S. The largest absolute Gasteiger partial charge is 0.392 e. The Morgan fingerprint density at radius 1 is 1.32 bits per heavy atom. The van der Waals surface area contributed by atoms with Gasteiger partial charge in [0.25, 0.3) is 0 Å². The van der Waals surface area contributed by atoms with Crippen molar-refractivity contribution in [1.29, 1.82) is 0 Å². The number of hydrogen-bond donors (Lipinski definition) is 1. The van der Waals surface area contributed by atoms with Crippen molar-refractivity contribution < 1.29 is 30.7 Å². The van der Waals surface area contributed by atoms with Crippen LogP contribution in [-0.2, 0) is 14.6 Å². The van der Waals surface area contributed by atoms with Gasteiger partial charge in [0.1, 0.15) is 17.7 Å². The highest BCUT2D eigenvalue weighted by Crippen LogP contribution is 2.44. The van der Waals surface area contributed by atoms with Crippen LogP contribution in [0.4, 0.5) is 17.6 Å². The van der Waals surface area contributed by atoms with E-state index in [0.717, 1.165) is 12.3 Å². The number of alkyl halides is 3. The van der Waals surface area contributed by atoms with Gasteiger partial charge in [0.05, 0.1) is 22.7 Å². The lowest BCUT2D eigenvalue weighted by molar-refractivity contribution is -0.224. The Balaban J connectivity index is 1.93. The minimum absolute atomic E-state index is 0.0936. The second-order valence-corrected chi connectivity index (χ2v) is 9.18. The van der Waals surface area contributed by atoms with Crippen molar-refractivity contribution >= 4 is 21.4 Å². The summed E-state index contributed by atoms with van der Waals surface area (Å²) < 4.78 is 81.2. The third-order valence-corrected chi connectivity index (χ3v) is 5.98. The molecule has 11 heteroatoms. The second-order valence-electron chi connectivity index (χ2n) is 6.85. The van der Waals surface area contributed by atoms with Crippen molar-refractivity contribution in [2.24, 2.45) is 5.92 Å². The molecule has 1 aliphatic rings. The Kier molecular flexibility index (Phi) is 5.50. The summed E-state index contributed by atoms with van der Waals surface area (Å²) in [4.78, 5) is 6.87. The fraction of sp³-hybridized carbons (Fsp3) is 0.471. The molecule has 0 radical (unpaired) electrons. The smallest absolute Gasteiger partial charge is 0.362 e. The van der Waals surface area contributed by atoms with Gasteiger partial charge in [-0.25, -0.2) is 17.8 Å². The van der Waals surface area contributed by atoms with E-state index in [-0.39, 0.29) is 34.4 Å². The number of rotatable bonds is 5. The lowest BCUT2D eigenvalue weighted by Gasteiger charge is -2.38. The van der Waals surface area contributed by atoms with Crippen molar-refractivity contribution in [2.45, 2.75) is 43.2 Å². The zero-order valence-corrected chi connectivity index (χ0v) is 16.4. The quantitative estimate of drug-likeness (QED) is 0.701. The summed E-state index contributed by atoms with van der Waals surface area (Å²) in [5.41, 5.74) is 0.608. The molecule has 1 saturated carbocycles. The first-order chi connectivity index (χ1) is 12.9. The zero-order chi connectivity index (χ0) is 20.9. The number of aromatic amines is 1. The first kappa shape index (κ1) is 21.1. The molecule has 0 saturated heterocycles. The third kappa shape index (κ3) is 4.33. The lowest BCUT2D eigenvalue weighted by atomic mass is 9.81. The van der Waals surface area contributed by atoms with Crippen LogP contribution in [0.1, 0.15) is 36.0 Å². The molecule has 5 nitrogen and oxygen atoms in total. The Labute approximate surface area is 164 Å². The summed E-state index contributed by atoms with van der Waals surface area (Å²) >= 11 is 5.82. The van der Waals surface area contributed by atoms with Gasteiger partial charge in [0.2, 0.25) is 0 Å². The predicted molar refractivity (Wildman–Crippen MR) is 93.3 cm³/mol. The highest BCUT2D eigenvalue weighted by molar-refractivity contribution is 7.90. The van der Waals surface area contributed by atoms with E-state index in [1.165, 1.54) is 19.1 Å². The molecule has 1 heterocycles. The van der Waals surface area contributed by atoms with Crippen LogP contribution in [-0.4, -0.2) is 36.9 Å². The molecule has 2 aromatic rings. The van der Waals surface area contributed by atoms with Crippen LogP contribution in [0.15, 0.2) is 23.2 Å². The van der Waals surface area contributed by atoms with Gasteiger partial charge in [-0.3, -0.25) is 0 Å². The molecule has 0 amide bonds. The van der Waals surface area contributed by atoms with Crippen LogP contribution < -0.4 is 0 Å². The van der Waals surface area contributed by atoms with Crippen molar-refractivity contribution in [3.63, 3.8) is 0 Å². The molecule has 1 aromatic heterocycles. The first-order valence-corrected chi connectivity index (χ1v) is 10.6. The fourth-order valence-electron chi connectivity index (χ4n) is 3.06. The van der Waals surface area contributed by atoms with Crippen LogP contribution in [0.25, 0.3) is 0 Å². The average molecular weight is 441 g/mol. The standard InChI is InChI=1S/C17H17ClF4N2O3S/c1-8-16(28(2,25)26)24-15(23-8)14(9-3-4-13(19)12(18)5-9)27-11-6-10(7-11)17(20,21)22/h3-5,10-11,14H,6-7H2,1-2H3,(H,23,24). The predicted octanol–water partition coefficient (Wildman–Crippen LogP) is 4.36. The van der Waals surface area contributed by atoms with Gasteiger partial charge in [-0.15, -0.1) is 0 Å². The van der Waals surface area contributed by atoms with E-state index in [4.69, 9.17) is 16.3 Å². The maximum absolute atomic E-state index is 13.5. The van der Waals surface area contributed by atoms with Gasteiger partial charge in [-0.1, -0.05) is 17.7 Å². The average Bonchev–Trinajstić information content (AvgIpc) is 2.89. The Bertz CT molecular complexity index is 985. The van der Waals surface area contributed by atoms with Crippen molar-refractivity contribution in [3.8, 4) is 0 Å². The SMILES string of the molecule is Cc1[nH]c(C(OC2CC(C(F)(F)F)C2)c2ccc(F)c(Cl)c2)nc1S(C)(=O)=O. The third-order valence-electron chi connectivity index (χ3n) is 4.59. The minimum atomic E-state index is -4.29. The number of aromatic nitrogens is 2. The van der Waals surface area contributed by atoms with Gasteiger partial charge < -0.3 is 9.72 Å². The van der Waals surface area contributed by atoms with E-state index < -0.39 is 40.0 Å². The normalized spacial score (nSPS) is 21.4. The fourth-order valence-corrected chi connectivity index (χ4v) is 4.13. The molecule has 154 valence electrons. The van der Waals surface area contributed by atoms with Crippen molar-refractivity contribution in [3.05, 3.63) is 46.1 Å². The van der Waals surface area contributed by atoms with E-state index in [1.54, 1.807) is 0 Å². The van der Waals surface area contributed by atoms with Gasteiger partial charge in [-0.2, -0.15) is 13.2 Å². The van der Waals surface area contributed by atoms with Crippen molar-refractivity contribution in [1.82, 2.24) is 9.97 Å². The number of hydrogen-bond acceptors (Lipinski definition) is 4. The second kappa shape index (κ2) is 7.31. The monoisotopic (exact) mass is 440 g/mol. The number of benzene rings is 1. The van der Waals surface area contributed by atoms with Crippen LogP contribution in [0, 0.1) is 18.7 Å². The van der Waals surface area contributed by atoms with Crippen LogP contribution >= 0.6 is 11.6 Å². The molecule has 0 aliphatic heterocycles. The first-order valence-electron chi connectivity index (χ1n) is 8.30. The molecule has 0 bridgehead atoms. The molecule has 1 unspecified atom stereocenters. The van der Waals surface area contributed by atoms with E-state index in [2.05, 4.69) is 9.97 Å². The summed E-state index contributed by atoms with van der Waals surface area (Å²) in [6.45, 7) is 1.50. The summed E-state index contributed by atoms with van der Waals surface area (Å²) in [5.74, 6) is -2.02. The van der Waals surface area contributed by atoms with Crippen LogP contribution in [0.2, 0.25) is 5.02 Å². The Morgan fingerprint density at radius 3 is 2.46 bits per heavy atom. The van der Waals surface area contributed by atoms with Crippen LogP contribution in [0.3, 0.4) is 0 Å². The molecule has 0 spiro atoms. The molecule has 1 aromatic carbocycles.